The molecule has 1 heterocycles. The van der Waals surface area contributed by atoms with Gasteiger partial charge in [-0.15, -0.1) is 0 Å². The van der Waals surface area contributed by atoms with E-state index in [1.54, 1.807) is 0 Å². The third kappa shape index (κ3) is 6.46. The average Bonchev–Trinajstić information content (AvgIpc) is 3.13. The van der Waals surface area contributed by atoms with Crippen LogP contribution in [-0.2, 0) is 11.2 Å². The van der Waals surface area contributed by atoms with Crippen molar-refractivity contribution in [1.29, 1.82) is 0 Å². The van der Waals surface area contributed by atoms with Gasteiger partial charge < -0.3 is 14.9 Å². The Labute approximate surface area is 186 Å². The van der Waals surface area contributed by atoms with Crippen molar-refractivity contribution in [1.82, 2.24) is 4.98 Å². The smallest absolute Gasteiger partial charge is 0.284 e. The molecule has 0 saturated carbocycles. The molecular formula is C24H26N2O4S. The van der Waals surface area contributed by atoms with Gasteiger partial charge in [0.1, 0.15) is 11.5 Å². The minimum absolute atomic E-state index is 0.0441. The topological polar surface area (TPSA) is 95.4 Å². The number of nitrogens with two attached hydrogens (primary N) is 1. The molecule has 31 heavy (non-hydrogen) atoms. The Balaban J connectivity index is 1.54. The second-order valence-electron chi connectivity index (χ2n) is 7.16. The number of oxazole rings is 1. The minimum Gasteiger partial charge on any atom is -0.493 e. The van der Waals surface area contributed by atoms with Crippen LogP contribution in [0.4, 0.5) is 4.79 Å². The van der Waals surface area contributed by atoms with E-state index in [2.05, 4.69) is 4.98 Å². The quantitative estimate of drug-likeness (QED) is 0.474. The fourth-order valence-corrected chi connectivity index (χ4v) is 3.83. The summed E-state index contributed by atoms with van der Waals surface area (Å²) >= 11 is 0.568. The molecule has 2 aromatic carbocycles. The van der Waals surface area contributed by atoms with E-state index in [-0.39, 0.29) is 17.5 Å². The van der Waals surface area contributed by atoms with Gasteiger partial charge in [-0.3, -0.25) is 9.59 Å². The van der Waals surface area contributed by atoms with Crippen LogP contribution in [0.5, 0.6) is 5.75 Å². The molecule has 0 fully saturated rings. The maximum absolute atomic E-state index is 11.9. The van der Waals surface area contributed by atoms with Gasteiger partial charge in [0.2, 0.25) is 5.89 Å². The molecule has 0 bridgehead atoms. The Hall–Kier alpha value is -3.06. The Morgan fingerprint density at radius 3 is 2.48 bits per heavy atom. The molecule has 1 unspecified atom stereocenters. The summed E-state index contributed by atoms with van der Waals surface area (Å²) in [5.74, 6) is 2.21. The monoisotopic (exact) mass is 438 g/mol. The second-order valence-corrected chi connectivity index (χ2v) is 8.22. The first-order valence-electron chi connectivity index (χ1n) is 10.2. The average molecular weight is 439 g/mol. The first-order chi connectivity index (χ1) is 15.0. The van der Waals surface area contributed by atoms with Crippen LogP contribution in [0.3, 0.4) is 0 Å². The summed E-state index contributed by atoms with van der Waals surface area (Å²) in [4.78, 5) is 27.4. The summed E-state index contributed by atoms with van der Waals surface area (Å²) in [6, 6.07) is 17.5. The van der Waals surface area contributed by atoms with Gasteiger partial charge in [-0.05, 0) is 49.1 Å². The molecule has 2 N–H and O–H groups in total. The zero-order valence-corrected chi connectivity index (χ0v) is 18.5. The van der Waals surface area contributed by atoms with Crippen molar-refractivity contribution < 1.29 is 18.7 Å². The predicted octanol–water partition coefficient (Wildman–Crippen LogP) is 5.49. The first kappa shape index (κ1) is 22.6. The summed E-state index contributed by atoms with van der Waals surface area (Å²) in [5.41, 5.74) is 7.94. The maximum atomic E-state index is 11.9. The number of thioether (sulfide) groups is 1. The van der Waals surface area contributed by atoms with Crippen molar-refractivity contribution >= 4 is 22.1 Å². The molecule has 0 aliphatic rings. The standard InChI is InChI=1S/C24H26N2O4S/c1-3-17(15-22(27)31-24(25)28)18-9-11-20(12-10-18)29-14-13-21-16(2)30-23(26-21)19-7-5-4-6-8-19/h4-12,17H,3,13-15H2,1-2H3,(H2,25,28). The molecular weight excluding hydrogens is 412 g/mol. The highest BCUT2D eigenvalue weighted by Gasteiger charge is 2.17. The SMILES string of the molecule is CCC(CC(=O)SC(N)=O)c1ccc(OCCc2nc(-c3ccccc3)oc2C)cc1. The molecule has 0 aliphatic heterocycles. The summed E-state index contributed by atoms with van der Waals surface area (Å²) < 4.78 is 11.7. The molecule has 0 saturated heterocycles. The lowest BCUT2D eigenvalue weighted by Gasteiger charge is -2.14. The lowest BCUT2D eigenvalue weighted by molar-refractivity contribution is -0.111. The largest absolute Gasteiger partial charge is 0.493 e. The minimum atomic E-state index is -0.665. The molecule has 1 atom stereocenters. The molecule has 0 aliphatic carbocycles. The van der Waals surface area contributed by atoms with Gasteiger partial charge in [-0.1, -0.05) is 37.3 Å². The van der Waals surface area contributed by atoms with Crippen molar-refractivity contribution in [3.63, 3.8) is 0 Å². The number of nitrogens with zero attached hydrogens (tertiary/aromatic N) is 1. The molecule has 1 amide bonds. The summed E-state index contributed by atoms with van der Waals surface area (Å²) in [5, 5.41) is -0.876. The molecule has 0 spiro atoms. The van der Waals surface area contributed by atoms with Crippen molar-refractivity contribution in [2.45, 2.75) is 39.0 Å². The van der Waals surface area contributed by atoms with Crippen molar-refractivity contribution in [2.24, 2.45) is 5.73 Å². The molecule has 3 aromatic rings. The second kappa shape index (κ2) is 10.8. The number of hydrogen-bond acceptors (Lipinski definition) is 6. The van der Waals surface area contributed by atoms with Crippen LogP contribution in [0, 0.1) is 6.92 Å². The number of rotatable bonds is 9. The van der Waals surface area contributed by atoms with Gasteiger partial charge in [-0.25, -0.2) is 4.98 Å². The van der Waals surface area contributed by atoms with E-state index in [9.17, 15) is 9.59 Å². The van der Waals surface area contributed by atoms with E-state index in [1.807, 2.05) is 68.4 Å². The normalized spacial score (nSPS) is 11.8. The number of amides is 1. The van der Waals surface area contributed by atoms with Gasteiger partial charge in [0.15, 0.2) is 5.12 Å². The molecule has 7 heteroatoms. The van der Waals surface area contributed by atoms with Crippen molar-refractivity contribution in [3.8, 4) is 17.2 Å². The lowest BCUT2D eigenvalue weighted by Crippen LogP contribution is -2.10. The van der Waals surface area contributed by atoms with Crippen LogP contribution < -0.4 is 10.5 Å². The Morgan fingerprint density at radius 1 is 1.13 bits per heavy atom. The van der Waals surface area contributed by atoms with Gasteiger partial charge in [0, 0.05) is 30.2 Å². The first-order valence-corrected chi connectivity index (χ1v) is 11.0. The summed E-state index contributed by atoms with van der Waals surface area (Å²) in [6.45, 7) is 4.40. The number of ether oxygens (including phenoxy) is 1. The molecule has 6 nitrogen and oxygen atoms in total. The highest BCUT2D eigenvalue weighted by Crippen LogP contribution is 2.28. The zero-order valence-electron chi connectivity index (χ0n) is 17.7. The van der Waals surface area contributed by atoms with Crippen LogP contribution in [0.1, 0.15) is 42.7 Å². The molecule has 3 rings (SSSR count). The van der Waals surface area contributed by atoms with E-state index in [0.29, 0.717) is 30.7 Å². The van der Waals surface area contributed by atoms with Crippen LogP contribution in [0.15, 0.2) is 59.0 Å². The van der Waals surface area contributed by atoms with E-state index in [0.717, 1.165) is 34.8 Å². The van der Waals surface area contributed by atoms with E-state index >= 15 is 0 Å². The number of carbonyl (C=O) groups is 2. The highest BCUT2D eigenvalue weighted by molar-refractivity contribution is 8.26. The van der Waals surface area contributed by atoms with Gasteiger partial charge in [0.05, 0.1) is 12.3 Å². The van der Waals surface area contributed by atoms with Crippen LogP contribution in [0.25, 0.3) is 11.5 Å². The number of aromatic nitrogens is 1. The van der Waals surface area contributed by atoms with E-state index in [1.165, 1.54) is 0 Å². The van der Waals surface area contributed by atoms with Gasteiger partial charge in [0.25, 0.3) is 5.24 Å². The lowest BCUT2D eigenvalue weighted by atomic mass is 9.94. The van der Waals surface area contributed by atoms with E-state index < -0.39 is 5.24 Å². The summed E-state index contributed by atoms with van der Waals surface area (Å²) in [6.07, 6.45) is 1.71. The molecule has 0 radical (unpaired) electrons. The molecule has 1 aromatic heterocycles. The molecule has 162 valence electrons. The third-order valence-electron chi connectivity index (χ3n) is 4.99. The Kier molecular flexibility index (Phi) is 7.89. The number of primary amides is 1. The zero-order chi connectivity index (χ0) is 22.2. The predicted molar refractivity (Wildman–Crippen MR) is 122 cm³/mol. The Morgan fingerprint density at radius 2 is 1.84 bits per heavy atom. The van der Waals surface area contributed by atoms with Crippen LogP contribution >= 0.6 is 11.8 Å². The van der Waals surface area contributed by atoms with Gasteiger partial charge in [-0.2, -0.15) is 0 Å². The fourth-order valence-electron chi connectivity index (χ4n) is 3.32. The van der Waals surface area contributed by atoms with Crippen LogP contribution in [-0.4, -0.2) is 21.9 Å². The number of aryl methyl sites for hydroxylation is 1. The van der Waals surface area contributed by atoms with Crippen molar-refractivity contribution in [3.05, 3.63) is 71.6 Å². The third-order valence-corrected chi connectivity index (χ3v) is 5.59. The Bertz CT molecular complexity index is 1020. The summed E-state index contributed by atoms with van der Waals surface area (Å²) in [7, 11) is 0. The van der Waals surface area contributed by atoms with Gasteiger partial charge >= 0.3 is 0 Å². The van der Waals surface area contributed by atoms with E-state index in [4.69, 9.17) is 14.9 Å². The number of hydrogen-bond donors (Lipinski definition) is 1. The number of carbonyl (C=O) groups excluding carboxylic acids is 2. The van der Waals surface area contributed by atoms with Crippen LogP contribution in [0.2, 0.25) is 0 Å². The fraction of sp³-hybridized carbons (Fsp3) is 0.292. The van der Waals surface area contributed by atoms with Crippen molar-refractivity contribution in [2.75, 3.05) is 6.61 Å². The highest BCUT2D eigenvalue weighted by atomic mass is 32.2. The maximum Gasteiger partial charge on any atom is 0.284 e. The number of benzene rings is 2.